The Kier molecular flexibility index (Phi) is 5.97. The second-order valence-corrected chi connectivity index (χ2v) is 7.52. The average molecular weight is 346 g/mol. The Bertz CT molecular complexity index is 591. The monoisotopic (exact) mass is 346 g/mol. The average Bonchev–Trinajstić information content (AvgIpc) is 2.63. The summed E-state index contributed by atoms with van der Waals surface area (Å²) in [7, 11) is 0. The van der Waals surface area contributed by atoms with Crippen molar-refractivity contribution in [1.82, 2.24) is 0 Å². The summed E-state index contributed by atoms with van der Waals surface area (Å²) in [5, 5.41) is 2.99. The van der Waals surface area contributed by atoms with Gasteiger partial charge in [-0.05, 0) is 50.2 Å². The Hall–Kier alpha value is -1.59. The first-order valence-electron chi connectivity index (χ1n) is 9.48. The van der Waals surface area contributed by atoms with E-state index in [1.807, 2.05) is 25.1 Å². The zero-order valence-corrected chi connectivity index (χ0v) is 15.2. The Labute approximate surface area is 150 Å². The number of hydrogen-bond acceptors (Lipinski definition) is 4. The smallest absolute Gasteiger partial charge is 0.244 e. The van der Waals surface area contributed by atoms with E-state index >= 15 is 0 Å². The van der Waals surface area contributed by atoms with Gasteiger partial charge >= 0.3 is 0 Å². The molecule has 2 aliphatic rings. The van der Waals surface area contributed by atoms with E-state index in [1.54, 1.807) is 0 Å². The molecule has 3 rings (SSSR count). The van der Waals surface area contributed by atoms with Gasteiger partial charge in [0.1, 0.15) is 5.75 Å². The maximum Gasteiger partial charge on any atom is 0.244 e. The lowest BCUT2D eigenvalue weighted by molar-refractivity contribution is -0.122. The first-order chi connectivity index (χ1) is 12.1. The van der Waals surface area contributed by atoms with Crippen molar-refractivity contribution >= 4 is 11.6 Å². The van der Waals surface area contributed by atoms with Gasteiger partial charge in [-0.1, -0.05) is 25.3 Å². The van der Waals surface area contributed by atoms with Gasteiger partial charge in [0.05, 0.1) is 12.1 Å². The molecule has 3 N–H and O–H groups in total. The molecule has 0 unspecified atom stereocenters. The molecule has 1 heterocycles. The molecule has 25 heavy (non-hydrogen) atoms. The standard InChI is InChI=1S/C20H30N2O3/c1-15-5-6-17(22-19(23)20(21)9-3-2-4-10-20)13-18(15)25-14-16-7-11-24-12-8-16/h5-6,13,16H,2-4,7-12,14,21H2,1H3,(H,22,23). The Balaban J connectivity index is 1.61. The predicted octanol–water partition coefficient (Wildman–Crippen LogP) is 3.40. The van der Waals surface area contributed by atoms with Crippen LogP contribution in [0.25, 0.3) is 0 Å². The van der Waals surface area contributed by atoms with Crippen LogP contribution in [0.4, 0.5) is 5.69 Å². The summed E-state index contributed by atoms with van der Waals surface area (Å²) in [4.78, 5) is 12.6. The second-order valence-electron chi connectivity index (χ2n) is 7.52. The highest BCUT2D eigenvalue weighted by atomic mass is 16.5. The normalized spacial score (nSPS) is 20.9. The first-order valence-corrected chi connectivity index (χ1v) is 9.48. The zero-order valence-electron chi connectivity index (χ0n) is 15.2. The van der Waals surface area contributed by atoms with Crippen LogP contribution < -0.4 is 15.8 Å². The Morgan fingerprint density at radius 1 is 1.28 bits per heavy atom. The van der Waals surface area contributed by atoms with E-state index in [1.165, 1.54) is 6.42 Å². The van der Waals surface area contributed by atoms with Gasteiger partial charge in [-0.3, -0.25) is 4.79 Å². The fourth-order valence-electron chi connectivity index (χ4n) is 3.62. The maximum atomic E-state index is 12.6. The van der Waals surface area contributed by atoms with Crippen LogP contribution in [-0.2, 0) is 9.53 Å². The van der Waals surface area contributed by atoms with Crippen LogP contribution in [0.2, 0.25) is 0 Å². The molecule has 0 aromatic heterocycles. The van der Waals surface area contributed by atoms with E-state index < -0.39 is 5.54 Å². The number of ether oxygens (including phenoxy) is 2. The molecule has 1 saturated carbocycles. The summed E-state index contributed by atoms with van der Waals surface area (Å²) >= 11 is 0. The van der Waals surface area contributed by atoms with Crippen LogP contribution in [0.3, 0.4) is 0 Å². The molecule has 1 saturated heterocycles. The first kappa shape index (κ1) is 18.2. The van der Waals surface area contributed by atoms with Crippen molar-refractivity contribution in [2.45, 2.75) is 57.4 Å². The lowest BCUT2D eigenvalue weighted by atomic mass is 9.82. The lowest BCUT2D eigenvalue weighted by Crippen LogP contribution is -2.52. The molecule has 2 fully saturated rings. The van der Waals surface area contributed by atoms with E-state index in [9.17, 15) is 4.79 Å². The van der Waals surface area contributed by atoms with E-state index in [0.717, 1.165) is 68.7 Å². The van der Waals surface area contributed by atoms with E-state index in [4.69, 9.17) is 15.2 Å². The number of aryl methyl sites for hydroxylation is 1. The molecule has 1 aliphatic carbocycles. The van der Waals surface area contributed by atoms with Gasteiger partial charge in [-0.2, -0.15) is 0 Å². The Morgan fingerprint density at radius 2 is 2.00 bits per heavy atom. The number of rotatable bonds is 5. The quantitative estimate of drug-likeness (QED) is 0.857. The van der Waals surface area contributed by atoms with Gasteiger partial charge < -0.3 is 20.5 Å². The van der Waals surface area contributed by atoms with Crippen molar-refractivity contribution in [3.63, 3.8) is 0 Å². The summed E-state index contributed by atoms with van der Waals surface area (Å²) in [5.74, 6) is 1.30. The maximum absolute atomic E-state index is 12.6. The summed E-state index contributed by atoms with van der Waals surface area (Å²) in [6, 6.07) is 5.82. The molecule has 1 aromatic rings. The highest BCUT2D eigenvalue weighted by Gasteiger charge is 2.35. The minimum absolute atomic E-state index is 0.0774. The molecule has 5 heteroatoms. The molecule has 0 radical (unpaired) electrons. The molecular formula is C20H30N2O3. The number of nitrogens with one attached hydrogen (secondary N) is 1. The van der Waals surface area contributed by atoms with Crippen LogP contribution in [0.5, 0.6) is 5.75 Å². The van der Waals surface area contributed by atoms with Gasteiger partial charge in [0.25, 0.3) is 0 Å². The largest absolute Gasteiger partial charge is 0.493 e. The molecule has 0 bridgehead atoms. The predicted molar refractivity (Wildman–Crippen MR) is 98.9 cm³/mol. The van der Waals surface area contributed by atoms with Crippen molar-refractivity contribution in [3.8, 4) is 5.75 Å². The number of anilines is 1. The third kappa shape index (κ3) is 4.73. The zero-order chi connectivity index (χ0) is 17.7. The molecular weight excluding hydrogens is 316 g/mol. The molecule has 5 nitrogen and oxygen atoms in total. The molecule has 0 atom stereocenters. The lowest BCUT2D eigenvalue weighted by Gasteiger charge is -2.31. The number of carbonyl (C=O) groups is 1. The fraction of sp³-hybridized carbons (Fsp3) is 0.650. The van der Waals surface area contributed by atoms with Crippen LogP contribution >= 0.6 is 0 Å². The second kappa shape index (κ2) is 8.19. The van der Waals surface area contributed by atoms with Crippen LogP contribution in [-0.4, -0.2) is 31.3 Å². The van der Waals surface area contributed by atoms with E-state index in [2.05, 4.69) is 5.32 Å². The number of benzene rings is 1. The van der Waals surface area contributed by atoms with Gasteiger partial charge in [-0.15, -0.1) is 0 Å². The molecule has 0 spiro atoms. The van der Waals surface area contributed by atoms with Crippen LogP contribution in [0, 0.1) is 12.8 Å². The number of hydrogen-bond donors (Lipinski definition) is 2. The summed E-state index contributed by atoms with van der Waals surface area (Å²) in [6.45, 7) is 4.36. The molecule has 138 valence electrons. The fourth-order valence-corrected chi connectivity index (χ4v) is 3.62. The molecule has 1 amide bonds. The summed E-state index contributed by atoms with van der Waals surface area (Å²) < 4.78 is 11.4. The van der Waals surface area contributed by atoms with Crippen LogP contribution in [0.1, 0.15) is 50.5 Å². The van der Waals surface area contributed by atoms with Gasteiger partial charge in [0, 0.05) is 25.0 Å². The van der Waals surface area contributed by atoms with Crippen molar-refractivity contribution in [1.29, 1.82) is 0 Å². The topological polar surface area (TPSA) is 73.6 Å². The van der Waals surface area contributed by atoms with Gasteiger partial charge in [0.2, 0.25) is 5.91 Å². The van der Waals surface area contributed by atoms with Crippen LogP contribution in [0.15, 0.2) is 18.2 Å². The highest BCUT2D eigenvalue weighted by Crippen LogP contribution is 2.29. The third-order valence-corrected chi connectivity index (χ3v) is 5.46. The van der Waals surface area contributed by atoms with Gasteiger partial charge in [-0.25, -0.2) is 0 Å². The summed E-state index contributed by atoms with van der Waals surface area (Å²) in [5.41, 5.74) is 7.42. The van der Waals surface area contributed by atoms with Crippen molar-refractivity contribution in [3.05, 3.63) is 23.8 Å². The number of amides is 1. The Morgan fingerprint density at radius 3 is 2.72 bits per heavy atom. The van der Waals surface area contributed by atoms with Crippen molar-refractivity contribution < 1.29 is 14.3 Å². The van der Waals surface area contributed by atoms with Crippen molar-refractivity contribution in [2.75, 3.05) is 25.1 Å². The molecule has 1 aliphatic heterocycles. The van der Waals surface area contributed by atoms with E-state index in [0.29, 0.717) is 12.5 Å². The third-order valence-electron chi connectivity index (χ3n) is 5.46. The SMILES string of the molecule is Cc1ccc(NC(=O)C2(N)CCCCC2)cc1OCC1CCOCC1. The van der Waals surface area contributed by atoms with Gasteiger partial charge in [0.15, 0.2) is 0 Å². The molecule has 1 aromatic carbocycles. The highest BCUT2D eigenvalue weighted by molar-refractivity contribution is 5.98. The summed E-state index contributed by atoms with van der Waals surface area (Å²) in [6.07, 6.45) is 6.83. The van der Waals surface area contributed by atoms with E-state index in [-0.39, 0.29) is 5.91 Å². The van der Waals surface area contributed by atoms with Crippen molar-refractivity contribution in [2.24, 2.45) is 11.7 Å². The number of nitrogens with two attached hydrogens (primary N) is 1. The minimum atomic E-state index is -0.730. The number of carbonyl (C=O) groups excluding carboxylic acids is 1. The minimum Gasteiger partial charge on any atom is -0.493 e.